The van der Waals surface area contributed by atoms with Crippen LogP contribution in [0.2, 0.25) is 0 Å². The second-order valence-corrected chi connectivity index (χ2v) is 7.08. The van der Waals surface area contributed by atoms with Crippen molar-refractivity contribution < 1.29 is 8.42 Å². The molecule has 0 bridgehead atoms. The second kappa shape index (κ2) is 6.34. The zero-order chi connectivity index (χ0) is 13.7. The van der Waals surface area contributed by atoms with Crippen LogP contribution in [0.5, 0.6) is 0 Å². The normalized spacial score (nSPS) is 19.1. The van der Waals surface area contributed by atoms with Crippen LogP contribution in [0.4, 0.5) is 5.69 Å². The van der Waals surface area contributed by atoms with Gasteiger partial charge in [-0.2, -0.15) is 0 Å². The van der Waals surface area contributed by atoms with Gasteiger partial charge in [-0.3, -0.25) is 4.98 Å². The number of sulfone groups is 1. The molecular weight excluding hydrogens is 262 g/mol. The van der Waals surface area contributed by atoms with Gasteiger partial charge in [0.15, 0.2) is 9.84 Å². The van der Waals surface area contributed by atoms with E-state index in [1.165, 1.54) is 0 Å². The Kier molecular flexibility index (Phi) is 4.76. The molecule has 1 saturated heterocycles. The molecule has 0 unspecified atom stereocenters. The van der Waals surface area contributed by atoms with Crippen LogP contribution in [0.3, 0.4) is 0 Å². The lowest BCUT2D eigenvalue weighted by atomic mass is 10.2. The van der Waals surface area contributed by atoms with Crippen molar-refractivity contribution >= 4 is 15.5 Å². The number of pyridine rings is 1. The highest BCUT2D eigenvalue weighted by Crippen LogP contribution is 2.21. The smallest absolute Gasteiger partial charge is 0.152 e. The number of rotatable bonds is 4. The third-order valence-corrected chi connectivity index (χ3v) is 5.05. The van der Waals surface area contributed by atoms with Gasteiger partial charge in [-0.25, -0.2) is 8.42 Å². The lowest BCUT2D eigenvalue weighted by Gasteiger charge is -2.24. The fourth-order valence-electron chi connectivity index (χ4n) is 2.30. The van der Waals surface area contributed by atoms with Crippen LogP contribution in [0.25, 0.3) is 0 Å². The Morgan fingerprint density at radius 2 is 2.21 bits per heavy atom. The highest BCUT2D eigenvalue weighted by atomic mass is 32.2. The summed E-state index contributed by atoms with van der Waals surface area (Å²) in [7, 11) is -2.86. The molecule has 1 aliphatic heterocycles. The molecule has 0 atom stereocenters. The van der Waals surface area contributed by atoms with Crippen molar-refractivity contribution in [1.29, 1.82) is 0 Å². The Balaban J connectivity index is 2.16. The molecule has 1 aromatic heterocycles. The summed E-state index contributed by atoms with van der Waals surface area (Å²) in [4.78, 5) is 6.33. The standard InChI is InChI=1S/C13H21N3O2S/c1-2-14-10-12-11-15-5-4-13(12)16-6-3-8-19(17,18)9-7-16/h4-5,11,14H,2-3,6-10H2,1H3. The molecular formula is C13H21N3O2S. The van der Waals surface area contributed by atoms with Crippen molar-refractivity contribution in [2.24, 2.45) is 0 Å². The van der Waals surface area contributed by atoms with E-state index in [0.717, 1.165) is 30.9 Å². The fourth-order valence-corrected chi connectivity index (χ4v) is 3.58. The molecule has 1 aliphatic rings. The number of aromatic nitrogens is 1. The van der Waals surface area contributed by atoms with Crippen molar-refractivity contribution in [2.75, 3.05) is 36.0 Å². The molecule has 6 heteroatoms. The molecule has 2 rings (SSSR count). The number of hydrogen-bond acceptors (Lipinski definition) is 5. The number of anilines is 1. The summed E-state index contributed by atoms with van der Waals surface area (Å²) in [5.41, 5.74) is 2.23. The van der Waals surface area contributed by atoms with Crippen LogP contribution in [-0.4, -0.2) is 44.5 Å². The van der Waals surface area contributed by atoms with Crippen LogP contribution < -0.4 is 10.2 Å². The highest BCUT2D eigenvalue weighted by Gasteiger charge is 2.20. The zero-order valence-electron chi connectivity index (χ0n) is 11.3. The van der Waals surface area contributed by atoms with E-state index in [9.17, 15) is 8.42 Å². The summed E-state index contributed by atoms with van der Waals surface area (Å²) in [6.07, 6.45) is 4.33. The summed E-state index contributed by atoms with van der Waals surface area (Å²) in [6.45, 7) is 5.11. The summed E-state index contributed by atoms with van der Waals surface area (Å²) in [5.74, 6) is 0.549. The van der Waals surface area contributed by atoms with Gasteiger partial charge in [0.1, 0.15) is 0 Å². The van der Waals surface area contributed by atoms with Gasteiger partial charge in [0, 0.05) is 43.3 Å². The van der Waals surface area contributed by atoms with Crippen LogP contribution >= 0.6 is 0 Å². The van der Waals surface area contributed by atoms with E-state index in [0.29, 0.717) is 18.7 Å². The predicted molar refractivity (Wildman–Crippen MR) is 77.1 cm³/mol. The van der Waals surface area contributed by atoms with Crippen molar-refractivity contribution in [3.05, 3.63) is 24.0 Å². The molecule has 0 saturated carbocycles. The SMILES string of the molecule is CCNCc1cnccc1N1CCCS(=O)(=O)CC1. The summed E-state index contributed by atoms with van der Waals surface area (Å²) >= 11 is 0. The van der Waals surface area contributed by atoms with Crippen molar-refractivity contribution in [1.82, 2.24) is 10.3 Å². The molecule has 0 aromatic carbocycles. The highest BCUT2D eigenvalue weighted by molar-refractivity contribution is 7.91. The Morgan fingerprint density at radius 3 is 3.00 bits per heavy atom. The van der Waals surface area contributed by atoms with E-state index in [1.807, 2.05) is 12.3 Å². The number of nitrogens with zero attached hydrogens (tertiary/aromatic N) is 2. The summed E-state index contributed by atoms with van der Waals surface area (Å²) in [5, 5.41) is 3.29. The average molecular weight is 283 g/mol. The van der Waals surface area contributed by atoms with E-state index in [1.54, 1.807) is 6.20 Å². The third kappa shape index (κ3) is 3.91. The minimum atomic E-state index is -2.86. The van der Waals surface area contributed by atoms with Crippen LogP contribution in [0.1, 0.15) is 18.9 Å². The summed E-state index contributed by atoms with van der Waals surface area (Å²) in [6, 6.07) is 1.98. The molecule has 0 aliphatic carbocycles. The Morgan fingerprint density at radius 1 is 1.37 bits per heavy atom. The van der Waals surface area contributed by atoms with E-state index >= 15 is 0 Å². The minimum Gasteiger partial charge on any atom is -0.370 e. The van der Waals surface area contributed by atoms with Gasteiger partial charge in [-0.1, -0.05) is 6.92 Å². The largest absolute Gasteiger partial charge is 0.370 e. The van der Waals surface area contributed by atoms with E-state index in [-0.39, 0.29) is 5.75 Å². The monoisotopic (exact) mass is 283 g/mol. The first-order chi connectivity index (χ1) is 9.12. The van der Waals surface area contributed by atoms with Crippen molar-refractivity contribution in [2.45, 2.75) is 19.9 Å². The first-order valence-electron chi connectivity index (χ1n) is 6.71. The van der Waals surface area contributed by atoms with Crippen LogP contribution in [0, 0.1) is 0 Å². The van der Waals surface area contributed by atoms with E-state index < -0.39 is 9.84 Å². The van der Waals surface area contributed by atoms with Gasteiger partial charge in [0.2, 0.25) is 0 Å². The molecule has 5 nitrogen and oxygen atoms in total. The molecule has 1 fully saturated rings. The first kappa shape index (κ1) is 14.3. The summed E-state index contributed by atoms with van der Waals surface area (Å²) < 4.78 is 23.3. The molecule has 0 spiro atoms. The van der Waals surface area contributed by atoms with E-state index in [4.69, 9.17) is 0 Å². The number of hydrogen-bond donors (Lipinski definition) is 1. The first-order valence-corrected chi connectivity index (χ1v) is 8.53. The molecule has 2 heterocycles. The molecule has 1 N–H and O–H groups in total. The van der Waals surface area contributed by atoms with E-state index in [2.05, 4.69) is 22.1 Å². The van der Waals surface area contributed by atoms with Crippen LogP contribution in [-0.2, 0) is 16.4 Å². The fraction of sp³-hybridized carbons (Fsp3) is 0.615. The lowest BCUT2D eigenvalue weighted by Crippen LogP contribution is -2.28. The number of nitrogens with one attached hydrogen (secondary N) is 1. The molecule has 1 aromatic rings. The second-order valence-electron chi connectivity index (χ2n) is 4.78. The van der Waals surface area contributed by atoms with Crippen molar-refractivity contribution in [3.63, 3.8) is 0 Å². The minimum absolute atomic E-state index is 0.246. The Labute approximate surface area is 114 Å². The quantitative estimate of drug-likeness (QED) is 0.886. The zero-order valence-corrected chi connectivity index (χ0v) is 12.1. The van der Waals surface area contributed by atoms with Crippen LogP contribution in [0.15, 0.2) is 18.5 Å². The maximum atomic E-state index is 11.7. The predicted octanol–water partition coefficient (Wildman–Crippen LogP) is 0.816. The maximum Gasteiger partial charge on any atom is 0.152 e. The Hall–Kier alpha value is -1.14. The third-order valence-electron chi connectivity index (χ3n) is 3.34. The van der Waals surface area contributed by atoms with Gasteiger partial charge >= 0.3 is 0 Å². The van der Waals surface area contributed by atoms with Gasteiger partial charge in [-0.05, 0) is 19.0 Å². The average Bonchev–Trinajstić information content (AvgIpc) is 2.58. The lowest BCUT2D eigenvalue weighted by molar-refractivity contribution is 0.597. The van der Waals surface area contributed by atoms with Gasteiger partial charge in [0.05, 0.1) is 11.5 Å². The van der Waals surface area contributed by atoms with Gasteiger partial charge in [0.25, 0.3) is 0 Å². The van der Waals surface area contributed by atoms with Gasteiger partial charge < -0.3 is 10.2 Å². The van der Waals surface area contributed by atoms with Crippen molar-refractivity contribution in [3.8, 4) is 0 Å². The maximum absolute atomic E-state index is 11.7. The molecule has 19 heavy (non-hydrogen) atoms. The molecule has 0 radical (unpaired) electrons. The molecule has 0 amide bonds. The van der Waals surface area contributed by atoms with Gasteiger partial charge in [-0.15, -0.1) is 0 Å². The Bertz CT molecular complexity index is 516. The topological polar surface area (TPSA) is 62.3 Å². The molecule has 106 valence electrons.